The molecule has 1 aliphatic rings. The fourth-order valence-corrected chi connectivity index (χ4v) is 2.01. The van der Waals surface area contributed by atoms with Gasteiger partial charge in [0.05, 0.1) is 0 Å². The second-order valence-electron chi connectivity index (χ2n) is 5.04. The number of anilines is 1. The van der Waals surface area contributed by atoms with E-state index in [-0.39, 0.29) is 11.4 Å². The lowest BCUT2D eigenvalue weighted by molar-refractivity contribution is 0.0850. The average molecular weight is 236 g/mol. The molecule has 1 amide bonds. The van der Waals surface area contributed by atoms with E-state index in [9.17, 15) is 9.18 Å². The molecule has 0 aromatic heterocycles. The zero-order chi connectivity index (χ0) is 12.6. The van der Waals surface area contributed by atoms with Gasteiger partial charge in [-0.1, -0.05) is 0 Å². The van der Waals surface area contributed by atoms with Crippen LogP contribution in [-0.4, -0.2) is 11.4 Å². The van der Waals surface area contributed by atoms with Crippen LogP contribution >= 0.6 is 0 Å². The number of hydrogen-bond donors (Lipinski definition) is 2. The van der Waals surface area contributed by atoms with Gasteiger partial charge in [0.2, 0.25) is 0 Å². The molecule has 0 saturated heterocycles. The van der Waals surface area contributed by atoms with Crippen LogP contribution in [0.3, 0.4) is 0 Å². The van der Waals surface area contributed by atoms with E-state index in [1.807, 2.05) is 6.92 Å². The minimum Gasteiger partial charge on any atom is -0.398 e. The van der Waals surface area contributed by atoms with Crippen LogP contribution in [0.25, 0.3) is 0 Å². The topological polar surface area (TPSA) is 55.1 Å². The van der Waals surface area contributed by atoms with Crippen molar-refractivity contribution < 1.29 is 9.18 Å². The van der Waals surface area contributed by atoms with E-state index in [0.717, 1.165) is 19.3 Å². The molecular formula is C13H17FN2O. The first kappa shape index (κ1) is 11.9. The van der Waals surface area contributed by atoms with Crippen LogP contribution < -0.4 is 11.1 Å². The molecule has 1 fully saturated rings. The summed E-state index contributed by atoms with van der Waals surface area (Å²) in [5, 5.41) is 2.92. The maximum absolute atomic E-state index is 13.5. The number of carbonyl (C=O) groups is 1. The van der Waals surface area contributed by atoms with Crippen molar-refractivity contribution in [2.45, 2.75) is 38.6 Å². The Morgan fingerprint density at radius 1 is 1.47 bits per heavy atom. The summed E-state index contributed by atoms with van der Waals surface area (Å²) in [6.07, 6.45) is 3.08. The van der Waals surface area contributed by atoms with Crippen LogP contribution in [0.15, 0.2) is 12.1 Å². The summed E-state index contributed by atoms with van der Waals surface area (Å²) in [6.45, 7) is 3.60. The van der Waals surface area contributed by atoms with E-state index in [1.165, 1.54) is 12.1 Å². The normalized spacial score (nSPS) is 17.4. The lowest BCUT2D eigenvalue weighted by Crippen LogP contribution is -2.50. The van der Waals surface area contributed by atoms with Crippen LogP contribution in [0.2, 0.25) is 0 Å². The number of halogens is 1. The van der Waals surface area contributed by atoms with Gasteiger partial charge in [0.15, 0.2) is 0 Å². The molecule has 0 unspecified atom stereocenters. The zero-order valence-electron chi connectivity index (χ0n) is 10.1. The SMILES string of the molecule is Cc1c(N)cc(C(=O)NC2(C)CCC2)cc1F. The Balaban J connectivity index is 2.19. The highest BCUT2D eigenvalue weighted by Gasteiger charge is 2.33. The van der Waals surface area contributed by atoms with E-state index >= 15 is 0 Å². The summed E-state index contributed by atoms with van der Waals surface area (Å²) in [5.74, 6) is -0.688. The van der Waals surface area contributed by atoms with Gasteiger partial charge in [-0.25, -0.2) is 4.39 Å². The molecule has 1 aliphatic carbocycles. The maximum atomic E-state index is 13.5. The van der Waals surface area contributed by atoms with Gasteiger partial charge in [0.25, 0.3) is 5.91 Å². The molecule has 92 valence electrons. The highest BCUT2D eigenvalue weighted by atomic mass is 19.1. The van der Waals surface area contributed by atoms with Gasteiger partial charge in [0, 0.05) is 22.4 Å². The van der Waals surface area contributed by atoms with Crippen molar-refractivity contribution in [1.29, 1.82) is 0 Å². The maximum Gasteiger partial charge on any atom is 0.251 e. The van der Waals surface area contributed by atoms with E-state index in [2.05, 4.69) is 5.32 Å². The Morgan fingerprint density at radius 3 is 2.59 bits per heavy atom. The van der Waals surface area contributed by atoms with Crippen molar-refractivity contribution in [2.75, 3.05) is 5.73 Å². The molecule has 4 heteroatoms. The number of rotatable bonds is 2. The zero-order valence-corrected chi connectivity index (χ0v) is 10.1. The van der Waals surface area contributed by atoms with Crippen LogP contribution in [0.4, 0.5) is 10.1 Å². The second kappa shape index (κ2) is 4.02. The first-order valence-electron chi connectivity index (χ1n) is 5.79. The lowest BCUT2D eigenvalue weighted by Gasteiger charge is -2.39. The molecule has 17 heavy (non-hydrogen) atoms. The van der Waals surface area contributed by atoms with Gasteiger partial charge >= 0.3 is 0 Å². The molecule has 0 aliphatic heterocycles. The molecular weight excluding hydrogens is 219 g/mol. The third kappa shape index (κ3) is 2.25. The van der Waals surface area contributed by atoms with Crippen molar-refractivity contribution in [2.24, 2.45) is 0 Å². The summed E-state index contributed by atoms with van der Waals surface area (Å²) < 4.78 is 13.5. The van der Waals surface area contributed by atoms with Gasteiger partial charge < -0.3 is 11.1 Å². The monoisotopic (exact) mass is 236 g/mol. The van der Waals surface area contributed by atoms with Crippen molar-refractivity contribution in [3.63, 3.8) is 0 Å². The number of hydrogen-bond acceptors (Lipinski definition) is 2. The predicted octanol–water partition coefficient (Wildman–Crippen LogP) is 2.39. The molecule has 3 N–H and O–H groups in total. The van der Waals surface area contributed by atoms with Crippen molar-refractivity contribution in [1.82, 2.24) is 5.32 Å². The van der Waals surface area contributed by atoms with Crippen LogP contribution in [0.5, 0.6) is 0 Å². The third-order valence-electron chi connectivity index (χ3n) is 3.52. The smallest absolute Gasteiger partial charge is 0.251 e. The van der Waals surface area contributed by atoms with E-state index in [4.69, 9.17) is 5.73 Å². The molecule has 0 atom stereocenters. The van der Waals surface area contributed by atoms with Gasteiger partial charge in [0.1, 0.15) is 5.82 Å². The summed E-state index contributed by atoms with van der Waals surface area (Å²) in [4.78, 5) is 11.9. The number of benzene rings is 1. The lowest BCUT2D eigenvalue weighted by atomic mass is 9.78. The molecule has 0 radical (unpaired) electrons. The van der Waals surface area contributed by atoms with Crippen molar-refractivity contribution >= 4 is 11.6 Å². The highest BCUT2D eigenvalue weighted by molar-refractivity contribution is 5.95. The third-order valence-corrected chi connectivity index (χ3v) is 3.52. The summed E-state index contributed by atoms with van der Waals surface area (Å²) in [5.41, 5.74) is 6.51. The number of nitrogen functional groups attached to an aromatic ring is 1. The Bertz CT molecular complexity index is 443. The Hall–Kier alpha value is -1.58. The average Bonchev–Trinajstić information content (AvgIpc) is 2.22. The van der Waals surface area contributed by atoms with Gasteiger partial charge in [-0.2, -0.15) is 0 Å². The first-order chi connectivity index (χ1) is 7.91. The number of amides is 1. The molecule has 1 aromatic rings. The van der Waals surface area contributed by atoms with Gasteiger partial charge in [-0.3, -0.25) is 4.79 Å². The summed E-state index contributed by atoms with van der Waals surface area (Å²) in [6, 6.07) is 2.76. The van der Waals surface area contributed by atoms with Crippen molar-refractivity contribution in [3.8, 4) is 0 Å². The fourth-order valence-electron chi connectivity index (χ4n) is 2.01. The second-order valence-corrected chi connectivity index (χ2v) is 5.04. The molecule has 0 heterocycles. The molecule has 0 bridgehead atoms. The minimum atomic E-state index is -0.436. The van der Waals surface area contributed by atoms with Crippen LogP contribution in [0.1, 0.15) is 42.1 Å². The van der Waals surface area contributed by atoms with Crippen molar-refractivity contribution in [3.05, 3.63) is 29.1 Å². The van der Waals surface area contributed by atoms with Crippen LogP contribution in [-0.2, 0) is 0 Å². The quantitative estimate of drug-likeness (QED) is 0.775. The first-order valence-corrected chi connectivity index (χ1v) is 5.79. The van der Waals surface area contributed by atoms with E-state index in [0.29, 0.717) is 16.8 Å². The van der Waals surface area contributed by atoms with Gasteiger partial charge in [-0.15, -0.1) is 0 Å². The molecule has 1 saturated carbocycles. The standard InChI is InChI=1S/C13H17FN2O/c1-8-10(14)6-9(7-11(8)15)12(17)16-13(2)4-3-5-13/h6-7H,3-5,15H2,1-2H3,(H,16,17). The highest BCUT2D eigenvalue weighted by Crippen LogP contribution is 2.31. The number of carbonyl (C=O) groups excluding carboxylic acids is 1. The predicted molar refractivity (Wildman–Crippen MR) is 65.3 cm³/mol. The summed E-state index contributed by atoms with van der Waals surface area (Å²) in [7, 11) is 0. The number of nitrogens with two attached hydrogens (primary N) is 1. The van der Waals surface area contributed by atoms with E-state index in [1.54, 1.807) is 6.92 Å². The van der Waals surface area contributed by atoms with Crippen LogP contribution in [0, 0.1) is 12.7 Å². The minimum absolute atomic E-state index is 0.132. The molecule has 0 spiro atoms. The fraction of sp³-hybridized carbons (Fsp3) is 0.462. The van der Waals surface area contributed by atoms with E-state index < -0.39 is 5.82 Å². The van der Waals surface area contributed by atoms with Gasteiger partial charge in [-0.05, 0) is 45.2 Å². The Morgan fingerprint density at radius 2 is 2.12 bits per heavy atom. The largest absolute Gasteiger partial charge is 0.398 e. The Labute approximate surface area is 100 Å². The number of nitrogens with one attached hydrogen (secondary N) is 1. The molecule has 1 aromatic carbocycles. The molecule has 2 rings (SSSR count). The Kier molecular flexibility index (Phi) is 2.81. The molecule has 3 nitrogen and oxygen atoms in total. The summed E-state index contributed by atoms with van der Waals surface area (Å²) >= 11 is 0.